The first kappa shape index (κ1) is 14.8. The van der Waals surface area contributed by atoms with Crippen molar-refractivity contribution in [3.63, 3.8) is 0 Å². The summed E-state index contributed by atoms with van der Waals surface area (Å²) in [6.07, 6.45) is 2.71. The molecule has 0 saturated heterocycles. The topological polar surface area (TPSA) is 52.6 Å². The van der Waals surface area contributed by atoms with Crippen molar-refractivity contribution >= 4 is 6.03 Å². The van der Waals surface area contributed by atoms with Crippen LogP contribution in [0.25, 0.3) is 0 Å². The fraction of sp³-hybridized carbons (Fsp3) is 0.533. The second-order valence-electron chi connectivity index (χ2n) is 5.20. The number of hydrogen-bond donors (Lipinski definition) is 2. The molecule has 0 heterocycles. The van der Waals surface area contributed by atoms with Gasteiger partial charge in [-0.15, -0.1) is 0 Å². The number of carbonyl (C=O) groups excluding carboxylic acids is 1. The Kier molecular flexibility index (Phi) is 4.95. The molecule has 0 aromatic heterocycles. The predicted molar refractivity (Wildman–Crippen MR) is 75.1 cm³/mol. The van der Waals surface area contributed by atoms with Gasteiger partial charge in [-0.2, -0.15) is 0 Å². The molecule has 0 atom stereocenters. The van der Waals surface area contributed by atoms with Crippen LogP contribution in [-0.4, -0.2) is 41.8 Å². The zero-order chi connectivity index (χ0) is 14.5. The highest BCUT2D eigenvalue weighted by Gasteiger charge is 2.31. The fourth-order valence-electron chi connectivity index (χ4n) is 2.29. The van der Waals surface area contributed by atoms with E-state index in [2.05, 4.69) is 5.32 Å². The molecule has 0 spiro atoms. The summed E-state index contributed by atoms with van der Waals surface area (Å²) in [4.78, 5) is 13.7. The van der Waals surface area contributed by atoms with Gasteiger partial charge in [0.1, 0.15) is 5.82 Å². The molecular weight excluding hydrogens is 259 g/mol. The smallest absolute Gasteiger partial charge is 0.317 e. The predicted octanol–water partition coefficient (Wildman–Crippen LogP) is 1.84. The molecule has 0 radical (unpaired) electrons. The van der Waals surface area contributed by atoms with Gasteiger partial charge in [0, 0.05) is 19.1 Å². The second-order valence-corrected chi connectivity index (χ2v) is 5.20. The Morgan fingerprint density at radius 1 is 1.50 bits per heavy atom. The summed E-state index contributed by atoms with van der Waals surface area (Å²) in [5, 5.41) is 11.8. The highest BCUT2D eigenvalue weighted by molar-refractivity contribution is 5.74. The van der Waals surface area contributed by atoms with Gasteiger partial charge in [0.05, 0.1) is 6.61 Å². The monoisotopic (exact) mass is 280 g/mol. The van der Waals surface area contributed by atoms with Crippen LogP contribution in [0.4, 0.5) is 9.18 Å². The fourth-order valence-corrected chi connectivity index (χ4v) is 2.29. The van der Waals surface area contributed by atoms with Gasteiger partial charge in [-0.05, 0) is 49.4 Å². The van der Waals surface area contributed by atoms with Crippen molar-refractivity contribution < 1.29 is 14.3 Å². The molecule has 2 rings (SSSR count). The molecule has 4 nitrogen and oxygen atoms in total. The minimum atomic E-state index is -0.238. The third-order valence-electron chi connectivity index (χ3n) is 3.56. The molecule has 0 unspecified atom stereocenters. The van der Waals surface area contributed by atoms with E-state index in [-0.39, 0.29) is 24.5 Å². The summed E-state index contributed by atoms with van der Waals surface area (Å²) in [5.41, 5.74) is 1.93. The molecular formula is C15H21FN2O2. The maximum Gasteiger partial charge on any atom is 0.317 e. The Morgan fingerprint density at radius 3 is 2.85 bits per heavy atom. The lowest BCUT2D eigenvalue weighted by molar-refractivity contribution is 0.174. The van der Waals surface area contributed by atoms with Crippen LogP contribution in [0.1, 0.15) is 24.0 Å². The Morgan fingerprint density at radius 2 is 2.25 bits per heavy atom. The summed E-state index contributed by atoms with van der Waals surface area (Å²) in [7, 11) is 0. The van der Waals surface area contributed by atoms with Gasteiger partial charge < -0.3 is 15.3 Å². The molecule has 1 aliphatic carbocycles. The number of nitrogens with one attached hydrogen (secondary N) is 1. The highest BCUT2D eigenvalue weighted by Crippen LogP contribution is 2.26. The summed E-state index contributed by atoms with van der Waals surface area (Å²) in [6.45, 7) is 2.75. The van der Waals surface area contributed by atoms with E-state index in [4.69, 9.17) is 5.11 Å². The number of halogens is 1. The third kappa shape index (κ3) is 3.93. The Bertz CT molecular complexity index is 475. The quantitative estimate of drug-likeness (QED) is 0.835. The van der Waals surface area contributed by atoms with Gasteiger partial charge in [0.2, 0.25) is 0 Å². The average molecular weight is 280 g/mol. The number of urea groups is 1. The van der Waals surface area contributed by atoms with Crippen molar-refractivity contribution in [2.75, 3.05) is 19.7 Å². The van der Waals surface area contributed by atoms with Crippen molar-refractivity contribution in [2.45, 2.75) is 32.2 Å². The van der Waals surface area contributed by atoms with Gasteiger partial charge in [-0.1, -0.05) is 6.07 Å². The van der Waals surface area contributed by atoms with Gasteiger partial charge in [-0.25, -0.2) is 9.18 Å². The van der Waals surface area contributed by atoms with Crippen LogP contribution in [-0.2, 0) is 6.42 Å². The third-order valence-corrected chi connectivity index (χ3v) is 3.56. The largest absolute Gasteiger partial charge is 0.395 e. The SMILES string of the molecule is Cc1cc(F)ccc1CCNC(=O)N(CCO)C1CC1. The number of aliphatic hydroxyl groups excluding tert-OH is 1. The van der Waals surface area contributed by atoms with Crippen LogP contribution in [0.15, 0.2) is 18.2 Å². The van der Waals surface area contributed by atoms with E-state index in [9.17, 15) is 9.18 Å². The van der Waals surface area contributed by atoms with Crippen LogP contribution in [0.3, 0.4) is 0 Å². The van der Waals surface area contributed by atoms with E-state index < -0.39 is 0 Å². The summed E-state index contributed by atoms with van der Waals surface area (Å²) in [5.74, 6) is -0.238. The number of nitrogens with zero attached hydrogens (tertiary/aromatic N) is 1. The molecule has 1 aromatic rings. The molecule has 0 bridgehead atoms. The summed E-state index contributed by atoms with van der Waals surface area (Å²) >= 11 is 0. The standard InChI is InChI=1S/C15H21FN2O2/c1-11-10-13(16)3-2-12(11)6-7-17-15(20)18(8-9-19)14-4-5-14/h2-3,10,14,19H,4-9H2,1H3,(H,17,20). The minimum Gasteiger partial charge on any atom is -0.395 e. The lowest BCUT2D eigenvalue weighted by atomic mass is 10.1. The van der Waals surface area contributed by atoms with Crippen molar-refractivity contribution in [2.24, 2.45) is 0 Å². The summed E-state index contributed by atoms with van der Waals surface area (Å²) < 4.78 is 13.0. The number of carbonyl (C=O) groups is 1. The molecule has 0 aliphatic heterocycles. The number of rotatable bonds is 6. The molecule has 1 saturated carbocycles. The van der Waals surface area contributed by atoms with Crippen molar-refractivity contribution in [3.8, 4) is 0 Å². The first-order valence-electron chi connectivity index (χ1n) is 7.02. The van der Waals surface area contributed by atoms with Gasteiger partial charge in [0.25, 0.3) is 0 Å². The number of hydrogen-bond acceptors (Lipinski definition) is 2. The Labute approximate surface area is 118 Å². The van der Waals surface area contributed by atoms with Crippen LogP contribution < -0.4 is 5.32 Å². The van der Waals surface area contributed by atoms with E-state index in [0.717, 1.165) is 24.0 Å². The number of amides is 2. The molecule has 110 valence electrons. The maximum absolute atomic E-state index is 13.0. The molecule has 1 aromatic carbocycles. The zero-order valence-corrected chi connectivity index (χ0v) is 11.7. The van der Waals surface area contributed by atoms with Crippen LogP contribution >= 0.6 is 0 Å². The van der Waals surface area contributed by atoms with Crippen LogP contribution in [0, 0.1) is 12.7 Å². The molecule has 20 heavy (non-hydrogen) atoms. The molecule has 2 N–H and O–H groups in total. The molecule has 1 fully saturated rings. The van der Waals surface area contributed by atoms with Gasteiger partial charge >= 0.3 is 6.03 Å². The highest BCUT2D eigenvalue weighted by atomic mass is 19.1. The van der Waals surface area contributed by atoms with Gasteiger partial charge in [-0.3, -0.25) is 0 Å². The average Bonchev–Trinajstić information content (AvgIpc) is 3.22. The van der Waals surface area contributed by atoms with E-state index in [1.807, 2.05) is 6.92 Å². The summed E-state index contributed by atoms with van der Waals surface area (Å²) in [6, 6.07) is 4.85. The second kappa shape index (κ2) is 6.70. The lowest BCUT2D eigenvalue weighted by Crippen LogP contribution is -2.43. The lowest BCUT2D eigenvalue weighted by Gasteiger charge is -2.21. The first-order valence-corrected chi connectivity index (χ1v) is 7.02. The zero-order valence-electron chi connectivity index (χ0n) is 11.7. The molecule has 5 heteroatoms. The molecule has 2 amide bonds. The van der Waals surface area contributed by atoms with E-state index in [1.165, 1.54) is 12.1 Å². The number of benzene rings is 1. The Hall–Kier alpha value is -1.62. The van der Waals surface area contributed by atoms with E-state index in [1.54, 1.807) is 11.0 Å². The van der Waals surface area contributed by atoms with E-state index in [0.29, 0.717) is 19.5 Å². The number of aliphatic hydroxyl groups is 1. The van der Waals surface area contributed by atoms with Crippen LogP contribution in [0.2, 0.25) is 0 Å². The van der Waals surface area contributed by atoms with Crippen molar-refractivity contribution in [1.29, 1.82) is 0 Å². The first-order chi connectivity index (χ1) is 9.61. The maximum atomic E-state index is 13.0. The van der Waals surface area contributed by atoms with Crippen LogP contribution in [0.5, 0.6) is 0 Å². The van der Waals surface area contributed by atoms with Gasteiger partial charge in [0.15, 0.2) is 0 Å². The van der Waals surface area contributed by atoms with Crippen molar-refractivity contribution in [1.82, 2.24) is 10.2 Å². The number of aryl methyl sites for hydroxylation is 1. The Balaban J connectivity index is 1.81. The van der Waals surface area contributed by atoms with Crippen molar-refractivity contribution in [3.05, 3.63) is 35.1 Å². The van der Waals surface area contributed by atoms with E-state index >= 15 is 0 Å². The normalized spacial score (nSPS) is 14.2. The minimum absolute atomic E-state index is 0.0129. The molecule has 1 aliphatic rings.